The number of cyclic esters (lactones) is 1. The molecule has 0 amide bonds. The number of rotatable bonds is 3. The summed E-state index contributed by atoms with van der Waals surface area (Å²) in [5, 5.41) is 0. The van der Waals surface area contributed by atoms with Gasteiger partial charge in [-0.05, 0) is 18.1 Å². The number of esters is 1. The Labute approximate surface area is 93.2 Å². The zero-order chi connectivity index (χ0) is 11.5. The molecular weight excluding hydrogens is 208 g/mol. The molecular formula is C12H12O4. The van der Waals surface area contributed by atoms with Crippen LogP contribution in [0.4, 0.5) is 0 Å². The third kappa shape index (κ3) is 1.91. The van der Waals surface area contributed by atoms with Crippen LogP contribution in [0.3, 0.4) is 0 Å². The molecule has 0 aromatic heterocycles. The van der Waals surface area contributed by atoms with Crippen molar-refractivity contribution in [2.24, 2.45) is 5.92 Å². The van der Waals surface area contributed by atoms with Gasteiger partial charge in [-0.3, -0.25) is 9.59 Å². The maximum atomic E-state index is 11.4. The minimum atomic E-state index is -0.670. The zero-order valence-electron chi connectivity index (χ0n) is 8.93. The van der Waals surface area contributed by atoms with Crippen LogP contribution in [0.25, 0.3) is 0 Å². The third-order valence-electron chi connectivity index (χ3n) is 2.65. The molecule has 0 aliphatic carbocycles. The highest BCUT2D eigenvalue weighted by molar-refractivity contribution is 6.04. The van der Waals surface area contributed by atoms with Gasteiger partial charge >= 0.3 is 5.97 Å². The molecule has 84 valence electrons. The first-order chi connectivity index (χ1) is 7.72. The second kappa shape index (κ2) is 4.35. The molecule has 0 saturated carbocycles. The minimum absolute atomic E-state index is 0.0986. The van der Waals surface area contributed by atoms with E-state index in [-0.39, 0.29) is 12.4 Å². The van der Waals surface area contributed by atoms with Crippen molar-refractivity contribution in [2.75, 3.05) is 13.7 Å². The van der Waals surface area contributed by atoms with Crippen LogP contribution in [0.2, 0.25) is 0 Å². The molecule has 1 atom stereocenters. The van der Waals surface area contributed by atoms with E-state index in [4.69, 9.17) is 9.47 Å². The predicted molar refractivity (Wildman–Crippen MR) is 56.2 cm³/mol. The van der Waals surface area contributed by atoms with Gasteiger partial charge in [-0.25, -0.2) is 0 Å². The highest BCUT2D eigenvalue weighted by atomic mass is 16.5. The zero-order valence-corrected chi connectivity index (χ0v) is 8.93. The fourth-order valence-electron chi connectivity index (χ4n) is 1.76. The second-order valence-corrected chi connectivity index (χ2v) is 3.64. The van der Waals surface area contributed by atoms with Gasteiger partial charge in [0.1, 0.15) is 11.7 Å². The van der Waals surface area contributed by atoms with Crippen molar-refractivity contribution in [1.29, 1.82) is 0 Å². The number of ether oxygens (including phenoxy) is 2. The quantitative estimate of drug-likeness (QED) is 0.563. The third-order valence-corrected chi connectivity index (χ3v) is 2.65. The van der Waals surface area contributed by atoms with Gasteiger partial charge in [-0.2, -0.15) is 0 Å². The predicted octanol–water partition coefficient (Wildman–Crippen LogP) is 0.980. The van der Waals surface area contributed by atoms with Crippen molar-refractivity contribution in [2.45, 2.75) is 6.42 Å². The number of Topliss-reactive ketones (excluding diaryl/α,β-unsaturated/α-hetero) is 1. The maximum Gasteiger partial charge on any atom is 0.317 e. The molecule has 1 aliphatic heterocycles. The number of hydrogen-bond acceptors (Lipinski definition) is 4. The van der Waals surface area contributed by atoms with Crippen molar-refractivity contribution in [1.82, 2.24) is 0 Å². The van der Waals surface area contributed by atoms with E-state index in [2.05, 4.69) is 0 Å². The van der Waals surface area contributed by atoms with Crippen molar-refractivity contribution < 1.29 is 19.1 Å². The number of methoxy groups -OCH3 is 1. The number of benzene rings is 1. The van der Waals surface area contributed by atoms with Crippen molar-refractivity contribution in [3.63, 3.8) is 0 Å². The average molecular weight is 220 g/mol. The summed E-state index contributed by atoms with van der Waals surface area (Å²) in [5.41, 5.74) is 0.849. The van der Waals surface area contributed by atoms with E-state index in [1.54, 1.807) is 13.2 Å². The van der Waals surface area contributed by atoms with Gasteiger partial charge in [-0.1, -0.05) is 18.2 Å². The van der Waals surface area contributed by atoms with Gasteiger partial charge in [0.2, 0.25) is 0 Å². The van der Waals surface area contributed by atoms with E-state index in [9.17, 15) is 9.59 Å². The Balaban J connectivity index is 2.20. The van der Waals surface area contributed by atoms with Crippen molar-refractivity contribution >= 4 is 11.8 Å². The highest BCUT2D eigenvalue weighted by Gasteiger charge is 2.35. The smallest absolute Gasteiger partial charge is 0.317 e. The van der Waals surface area contributed by atoms with E-state index in [0.717, 1.165) is 5.56 Å². The van der Waals surface area contributed by atoms with E-state index in [0.29, 0.717) is 12.2 Å². The van der Waals surface area contributed by atoms with E-state index in [1.165, 1.54) is 0 Å². The average Bonchev–Trinajstić information content (AvgIpc) is 2.61. The van der Waals surface area contributed by atoms with Gasteiger partial charge in [0.25, 0.3) is 0 Å². The fraction of sp³-hybridized carbons (Fsp3) is 0.333. The SMILES string of the molecule is COc1ccccc1CC1C(=O)COC1=O. The first kappa shape index (κ1) is 10.7. The topological polar surface area (TPSA) is 52.6 Å². The van der Waals surface area contributed by atoms with Gasteiger partial charge in [0.15, 0.2) is 12.4 Å². The molecule has 16 heavy (non-hydrogen) atoms. The van der Waals surface area contributed by atoms with Crippen LogP contribution in [-0.4, -0.2) is 25.5 Å². The summed E-state index contributed by atoms with van der Waals surface area (Å²) in [6.45, 7) is -0.0986. The molecule has 1 aromatic carbocycles. The number of carbonyl (C=O) groups excluding carboxylic acids is 2. The van der Waals surface area contributed by atoms with Crippen molar-refractivity contribution in [3.05, 3.63) is 29.8 Å². The Bertz CT molecular complexity index is 409. The Kier molecular flexibility index (Phi) is 2.90. The molecule has 1 saturated heterocycles. The van der Waals surface area contributed by atoms with Gasteiger partial charge < -0.3 is 9.47 Å². The molecule has 1 unspecified atom stereocenters. The highest BCUT2D eigenvalue weighted by Crippen LogP contribution is 2.24. The first-order valence-corrected chi connectivity index (χ1v) is 5.03. The number of hydrogen-bond donors (Lipinski definition) is 0. The standard InChI is InChI=1S/C12H12O4/c1-15-11-5-3-2-4-8(11)6-9-10(13)7-16-12(9)14/h2-5,9H,6-7H2,1H3. The van der Waals surface area contributed by atoms with Crippen molar-refractivity contribution in [3.8, 4) is 5.75 Å². The molecule has 0 N–H and O–H groups in total. The summed E-state index contributed by atoms with van der Waals surface area (Å²) in [6, 6.07) is 7.34. The summed E-state index contributed by atoms with van der Waals surface area (Å²) >= 11 is 0. The summed E-state index contributed by atoms with van der Waals surface area (Å²) in [6.07, 6.45) is 0.349. The van der Waals surface area contributed by atoms with Gasteiger partial charge in [0.05, 0.1) is 7.11 Å². The summed E-state index contributed by atoms with van der Waals surface area (Å²) < 4.78 is 9.86. The normalized spacial score (nSPS) is 19.7. The minimum Gasteiger partial charge on any atom is -0.496 e. The largest absolute Gasteiger partial charge is 0.496 e. The number of para-hydroxylation sites is 1. The Morgan fingerprint density at radius 2 is 2.12 bits per heavy atom. The first-order valence-electron chi connectivity index (χ1n) is 5.03. The molecule has 0 radical (unpaired) electrons. The van der Waals surface area contributed by atoms with Crippen LogP contribution >= 0.6 is 0 Å². The lowest BCUT2D eigenvalue weighted by Gasteiger charge is -2.09. The van der Waals surface area contributed by atoms with Crippen LogP contribution in [0.5, 0.6) is 5.75 Å². The molecule has 4 heteroatoms. The van der Waals surface area contributed by atoms with E-state index in [1.807, 2.05) is 18.2 Å². The molecule has 1 aromatic rings. The maximum absolute atomic E-state index is 11.4. The molecule has 1 heterocycles. The van der Waals surface area contributed by atoms with Crippen LogP contribution < -0.4 is 4.74 Å². The van der Waals surface area contributed by atoms with Crippen LogP contribution in [0.15, 0.2) is 24.3 Å². The molecule has 0 spiro atoms. The fourth-order valence-corrected chi connectivity index (χ4v) is 1.76. The van der Waals surface area contributed by atoms with E-state index >= 15 is 0 Å². The Morgan fingerprint density at radius 3 is 2.75 bits per heavy atom. The van der Waals surface area contributed by atoms with Crippen LogP contribution in [0.1, 0.15) is 5.56 Å². The van der Waals surface area contributed by atoms with Gasteiger partial charge in [-0.15, -0.1) is 0 Å². The molecule has 4 nitrogen and oxygen atoms in total. The van der Waals surface area contributed by atoms with Crippen LogP contribution in [0, 0.1) is 5.92 Å². The summed E-state index contributed by atoms with van der Waals surface area (Å²) in [7, 11) is 1.56. The lowest BCUT2D eigenvalue weighted by atomic mass is 9.97. The van der Waals surface area contributed by atoms with E-state index < -0.39 is 11.9 Å². The number of ketones is 1. The Hall–Kier alpha value is -1.84. The van der Waals surface area contributed by atoms with Crippen LogP contribution in [-0.2, 0) is 20.7 Å². The van der Waals surface area contributed by atoms with Gasteiger partial charge in [0, 0.05) is 0 Å². The monoisotopic (exact) mass is 220 g/mol. The summed E-state index contributed by atoms with van der Waals surface area (Å²) in [4.78, 5) is 22.7. The Morgan fingerprint density at radius 1 is 1.38 bits per heavy atom. The molecule has 0 bridgehead atoms. The molecule has 1 fully saturated rings. The molecule has 2 rings (SSSR count). The number of carbonyl (C=O) groups is 2. The second-order valence-electron chi connectivity index (χ2n) is 3.64. The summed E-state index contributed by atoms with van der Waals surface area (Å²) in [5.74, 6) is -0.571. The lowest BCUT2D eigenvalue weighted by Crippen LogP contribution is -2.18. The molecule has 1 aliphatic rings. The lowest BCUT2D eigenvalue weighted by molar-refractivity contribution is -0.141.